The molecule has 2 nitrogen and oxygen atoms in total. The third kappa shape index (κ3) is 3.40. The standard InChI is InChI=1S/C30H52O2/c1-20(2)10-9-16-30(8,32)22-13-18-28(6)21(22)11-12-24-27(5)17-15-25(31)26(3,4)23(27)14-19-29(24,28)7/h10,21-25,31-32H,9,11-19H2,1-8H3/t21-,22+,23+,24+,25+,27+,28-,29-,30+/m1/s1. The van der Waals surface area contributed by atoms with E-state index in [1.165, 1.54) is 50.5 Å². The summed E-state index contributed by atoms with van der Waals surface area (Å²) in [6, 6.07) is 0. The number of fused-ring (bicyclic) bond motifs is 5. The molecule has 0 aromatic rings. The molecule has 0 aromatic carbocycles. The molecule has 4 aliphatic carbocycles. The smallest absolute Gasteiger partial charge is 0.0653 e. The van der Waals surface area contributed by atoms with Crippen LogP contribution < -0.4 is 0 Å². The van der Waals surface area contributed by atoms with E-state index in [0.717, 1.165) is 25.2 Å². The number of allylic oxidation sites excluding steroid dienone is 2. The maximum absolute atomic E-state index is 11.6. The zero-order valence-electron chi connectivity index (χ0n) is 22.4. The molecule has 0 bridgehead atoms. The normalized spacial score (nSPS) is 49.4. The highest BCUT2D eigenvalue weighted by Crippen LogP contribution is 2.75. The average molecular weight is 445 g/mol. The SMILES string of the molecule is CC(C)=CCC[C@](C)(O)[C@H]1CC[C@]2(C)[C@@H]1CC[C@H]1[C@@]3(C)CC[C@H](O)C(C)(C)[C@@H]3CC[C@]12C. The molecular weight excluding hydrogens is 392 g/mol. The lowest BCUT2D eigenvalue weighted by Crippen LogP contribution is -2.64. The summed E-state index contributed by atoms with van der Waals surface area (Å²) < 4.78 is 0. The molecule has 0 heterocycles. The zero-order chi connectivity index (χ0) is 23.7. The lowest BCUT2D eigenvalue weighted by molar-refractivity contribution is -0.225. The first-order valence-electron chi connectivity index (χ1n) is 13.7. The van der Waals surface area contributed by atoms with Gasteiger partial charge in [0, 0.05) is 0 Å². The first-order chi connectivity index (χ1) is 14.7. The molecule has 0 amide bonds. The first kappa shape index (κ1) is 24.8. The molecule has 32 heavy (non-hydrogen) atoms. The molecule has 0 spiro atoms. The van der Waals surface area contributed by atoms with Crippen molar-refractivity contribution in [2.24, 2.45) is 45.3 Å². The van der Waals surface area contributed by atoms with E-state index in [1.54, 1.807) is 0 Å². The van der Waals surface area contributed by atoms with Crippen molar-refractivity contribution in [2.45, 2.75) is 131 Å². The monoisotopic (exact) mass is 444 g/mol. The summed E-state index contributed by atoms with van der Waals surface area (Å²) in [6.07, 6.45) is 13.8. The minimum atomic E-state index is -0.560. The third-order valence-corrected chi connectivity index (χ3v) is 12.4. The lowest BCUT2D eigenvalue weighted by Gasteiger charge is -2.70. The Morgan fingerprint density at radius 2 is 1.53 bits per heavy atom. The second-order valence-corrected chi connectivity index (χ2v) is 14.4. The molecule has 0 unspecified atom stereocenters. The highest BCUT2D eigenvalue weighted by Gasteiger charge is 2.69. The summed E-state index contributed by atoms with van der Waals surface area (Å²) >= 11 is 0. The molecule has 0 radical (unpaired) electrons. The Bertz CT molecular complexity index is 746. The number of hydrogen-bond donors (Lipinski definition) is 2. The van der Waals surface area contributed by atoms with Crippen molar-refractivity contribution >= 4 is 0 Å². The molecule has 0 aromatic heterocycles. The van der Waals surface area contributed by atoms with Gasteiger partial charge in [-0.2, -0.15) is 0 Å². The van der Waals surface area contributed by atoms with Gasteiger partial charge in [-0.15, -0.1) is 0 Å². The summed E-state index contributed by atoms with van der Waals surface area (Å²) in [5.41, 5.74) is 1.84. The Hall–Kier alpha value is -0.340. The zero-order valence-corrected chi connectivity index (χ0v) is 22.4. The fraction of sp³-hybridized carbons (Fsp3) is 0.933. The predicted molar refractivity (Wildman–Crippen MR) is 134 cm³/mol. The van der Waals surface area contributed by atoms with Crippen molar-refractivity contribution in [3.05, 3.63) is 11.6 Å². The number of hydrogen-bond acceptors (Lipinski definition) is 2. The molecule has 184 valence electrons. The molecule has 4 aliphatic rings. The molecule has 9 atom stereocenters. The average Bonchev–Trinajstić information content (AvgIpc) is 3.04. The van der Waals surface area contributed by atoms with Crippen LogP contribution in [0.25, 0.3) is 0 Å². The van der Waals surface area contributed by atoms with E-state index in [-0.39, 0.29) is 11.5 Å². The lowest BCUT2D eigenvalue weighted by atomic mass is 9.35. The van der Waals surface area contributed by atoms with Gasteiger partial charge in [-0.25, -0.2) is 0 Å². The van der Waals surface area contributed by atoms with Gasteiger partial charge in [-0.05, 0) is 130 Å². The van der Waals surface area contributed by atoms with E-state index in [4.69, 9.17) is 0 Å². The van der Waals surface area contributed by atoms with E-state index in [9.17, 15) is 10.2 Å². The second-order valence-electron chi connectivity index (χ2n) is 14.4. The summed E-state index contributed by atoms with van der Waals surface area (Å²) in [4.78, 5) is 0. The van der Waals surface area contributed by atoms with Gasteiger partial charge in [0.25, 0.3) is 0 Å². The first-order valence-corrected chi connectivity index (χ1v) is 13.7. The minimum Gasteiger partial charge on any atom is -0.393 e. The van der Waals surface area contributed by atoms with Crippen molar-refractivity contribution in [3.8, 4) is 0 Å². The van der Waals surface area contributed by atoms with Gasteiger partial charge in [-0.3, -0.25) is 0 Å². The molecule has 0 saturated heterocycles. The van der Waals surface area contributed by atoms with Crippen molar-refractivity contribution in [1.82, 2.24) is 0 Å². The fourth-order valence-corrected chi connectivity index (χ4v) is 10.3. The second kappa shape index (κ2) is 7.84. The van der Waals surface area contributed by atoms with Crippen LogP contribution in [0.1, 0.15) is 120 Å². The van der Waals surface area contributed by atoms with Crippen molar-refractivity contribution < 1.29 is 10.2 Å². The molecule has 4 saturated carbocycles. The Kier molecular flexibility index (Phi) is 6.07. The van der Waals surface area contributed by atoms with Gasteiger partial charge >= 0.3 is 0 Å². The fourth-order valence-electron chi connectivity index (χ4n) is 10.3. The summed E-state index contributed by atoms with van der Waals surface area (Å²) in [6.45, 7) is 19.0. The van der Waals surface area contributed by atoms with Gasteiger partial charge < -0.3 is 10.2 Å². The van der Waals surface area contributed by atoms with Gasteiger partial charge in [0.1, 0.15) is 0 Å². The van der Waals surface area contributed by atoms with Crippen LogP contribution >= 0.6 is 0 Å². The van der Waals surface area contributed by atoms with E-state index < -0.39 is 5.60 Å². The van der Waals surface area contributed by atoms with Crippen LogP contribution in [0.3, 0.4) is 0 Å². The van der Waals surface area contributed by atoms with Crippen LogP contribution in [0.2, 0.25) is 0 Å². The van der Waals surface area contributed by atoms with Gasteiger partial charge in [-0.1, -0.05) is 46.3 Å². The van der Waals surface area contributed by atoms with Crippen LogP contribution in [-0.2, 0) is 0 Å². The van der Waals surface area contributed by atoms with E-state index >= 15 is 0 Å². The molecule has 2 N–H and O–H groups in total. The molecule has 2 heteroatoms. The quantitative estimate of drug-likeness (QED) is 0.440. The number of rotatable bonds is 4. The van der Waals surface area contributed by atoms with Crippen LogP contribution in [0.4, 0.5) is 0 Å². The van der Waals surface area contributed by atoms with E-state index in [2.05, 4.69) is 61.5 Å². The van der Waals surface area contributed by atoms with Crippen LogP contribution in [0, 0.1) is 45.3 Å². The van der Waals surface area contributed by atoms with Crippen LogP contribution in [0.15, 0.2) is 11.6 Å². The Balaban J connectivity index is 1.61. The maximum atomic E-state index is 11.6. The third-order valence-electron chi connectivity index (χ3n) is 12.4. The Labute approximate surface area is 198 Å². The summed E-state index contributed by atoms with van der Waals surface area (Å²) in [5.74, 6) is 2.45. The minimum absolute atomic E-state index is 0.0267. The van der Waals surface area contributed by atoms with Gasteiger partial charge in [0.2, 0.25) is 0 Å². The van der Waals surface area contributed by atoms with Crippen LogP contribution in [0.5, 0.6) is 0 Å². The maximum Gasteiger partial charge on any atom is 0.0653 e. The predicted octanol–water partition coefficient (Wildman–Crippen LogP) is 7.53. The number of aliphatic hydroxyl groups is 2. The highest BCUT2D eigenvalue weighted by molar-refractivity contribution is 5.18. The van der Waals surface area contributed by atoms with Gasteiger partial charge in [0.05, 0.1) is 11.7 Å². The summed E-state index contributed by atoms with van der Waals surface area (Å²) in [7, 11) is 0. The molecule has 0 aliphatic heterocycles. The van der Waals surface area contributed by atoms with Crippen LogP contribution in [-0.4, -0.2) is 21.9 Å². The van der Waals surface area contributed by atoms with E-state index in [1.807, 2.05) is 0 Å². The van der Waals surface area contributed by atoms with Crippen molar-refractivity contribution in [2.75, 3.05) is 0 Å². The molecular formula is C30H52O2. The van der Waals surface area contributed by atoms with Crippen molar-refractivity contribution in [3.63, 3.8) is 0 Å². The molecule has 4 fully saturated rings. The largest absolute Gasteiger partial charge is 0.393 e. The Morgan fingerprint density at radius 3 is 2.19 bits per heavy atom. The topological polar surface area (TPSA) is 40.5 Å². The Morgan fingerprint density at radius 1 is 0.875 bits per heavy atom. The molecule has 4 rings (SSSR count). The van der Waals surface area contributed by atoms with E-state index in [0.29, 0.717) is 34.0 Å². The summed E-state index contributed by atoms with van der Waals surface area (Å²) in [5, 5.41) is 22.5. The van der Waals surface area contributed by atoms with Crippen molar-refractivity contribution in [1.29, 1.82) is 0 Å². The number of aliphatic hydroxyl groups excluding tert-OH is 1. The van der Waals surface area contributed by atoms with Gasteiger partial charge in [0.15, 0.2) is 0 Å². The highest BCUT2D eigenvalue weighted by atomic mass is 16.3.